The van der Waals surface area contributed by atoms with Crippen molar-refractivity contribution in [2.24, 2.45) is 0 Å². The van der Waals surface area contributed by atoms with Crippen molar-refractivity contribution in [2.75, 3.05) is 49.6 Å². The van der Waals surface area contributed by atoms with Crippen molar-refractivity contribution in [3.05, 3.63) is 58.7 Å². The maximum Gasteiger partial charge on any atom is 0.166 e. The molecule has 0 bridgehead atoms. The zero-order valence-electron chi connectivity index (χ0n) is 19.4. The molecule has 1 saturated heterocycles. The van der Waals surface area contributed by atoms with E-state index in [2.05, 4.69) is 56.2 Å². The highest BCUT2D eigenvalue weighted by molar-refractivity contribution is 5.65. The molecule has 2 aliphatic rings. The fourth-order valence-electron chi connectivity index (χ4n) is 4.54. The molecular weight excluding hydrogens is 412 g/mol. The van der Waals surface area contributed by atoms with Gasteiger partial charge in [-0.1, -0.05) is 0 Å². The number of likely N-dealkylation sites (N-methyl/N-ethyl adjacent to an activating group) is 1. The number of pyridine rings is 2. The Morgan fingerprint density at radius 2 is 1.67 bits per heavy atom. The van der Waals surface area contributed by atoms with E-state index in [4.69, 9.17) is 9.97 Å². The molecule has 0 spiro atoms. The highest BCUT2D eigenvalue weighted by Gasteiger charge is 2.22. The first-order valence-corrected chi connectivity index (χ1v) is 11.4. The van der Waals surface area contributed by atoms with Crippen molar-refractivity contribution < 1.29 is 0 Å². The van der Waals surface area contributed by atoms with E-state index in [1.165, 1.54) is 5.56 Å². The lowest BCUT2D eigenvalue weighted by Crippen LogP contribution is -2.44. The first kappa shape index (κ1) is 21.3. The van der Waals surface area contributed by atoms with E-state index in [1.807, 2.05) is 26.2 Å². The summed E-state index contributed by atoms with van der Waals surface area (Å²) in [7, 11) is 2.16. The molecule has 3 aromatic heterocycles. The molecule has 1 fully saturated rings. The van der Waals surface area contributed by atoms with Crippen LogP contribution in [0.25, 0.3) is 11.1 Å². The average Bonchev–Trinajstić information content (AvgIpc) is 2.85. The Morgan fingerprint density at radius 3 is 2.39 bits per heavy atom. The molecule has 5 heterocycles. The summed E-state index contributed by atoms with van der Waals surface area (Å²) in [5, 5.41) is 17.7. The average molecular weight is 441 g/mol. The van der Waals surface area contributed by atoms with E-state index >= 15 is 0 Å². The molecule has 8 nitrogen and oxygen atoms in total. The number of rotatable bonds is 3. The third kappa shape index (κ3) is 4.12. The third-order valence-electron chi connectivity index (χ3n) is 6.85. The second-order valence-corrected chi connectivity index (χ2v) is 8.93. The van der Waals surface area contributed by atoms with Crippen LogP contribution in [-0.2, 0) is 13.0 Å². The molecule has 0 aliphatic carbocycles. The lowest BCUT2D eigenvalue weighted by atomic mass is 10.0. The summed E-state index contributed by atoms with van der Waals surface area (Å²) >= 11 is 0. The predicted octanol–water partition coefficient (Wildman–Crippen LogP) is 2.74. The van der Waals surface area contributed by atoms with Crippen LogP contribution in [0.2, 0.25) is 0 Å². The van der Waals surface area contributed by atoms with Gasteiger partial charge < -0.3 is 14.7 Å². The Morgan fingerprint density at radius 1 is 0.879 bits per heavy atom. The van der Waals surface area contributed by atoms with Crippen molar-refractivity contribution in [3.63, 3.8) is 0 Å². The largest absolute Gasteiger partial charge is 0.354 e. The molecule has 0 amide bonds. The lowest BCUT2D eigenvalue weighted by molar-refractivity contribution is 0.312. The van der Waals surface area contributed by atoms with E-state index in [-0.39, 0.29) is 0 Å². The topological polar surface area (TPSA) is 85.1 Å². The van der Waals surface area contributed by atoms with Gasteiger partial charge >= 0.3 is 0 Å². The first-order chi connectivity index (χ1) is 16.0. The summed E-state index contributed by atoms with van der Waals surface area (Å²) in [5.74, 6) is 1.88. The van der Waals surface area contributed by atoms with Gasteiger partial charge in [0.25, 0.3) is 0 Å². The molecule has 0 N–H and O–H groups in total. The maximum atomic E-state index is 9.23. The summed E-state index contributed by atoms with van der Waals surface area (Å²) in [4.78, 5) is 16.4. The molecule has 5 rings (SSSR count). The smallest absolute Gasteiger partial charge is 0.166 e. The van der Waals surface area contributed by atoms with E-state index in [9.17, 15) is 5.26 Å². The molecule has 2 aliphatic heterocycles. The van der Waals surface area contributed by atoms with E-state index in [0.29, 0.717) is 5.69 Å². The van der Waals surface area contributed by atoms with Crippen LogP contribution in [0.5, 0.6) is 0 Å². The molecule has 8 heteroatoms. The van der Waals surface area contributed by atoms with Gasteiger partial charge in [0.1, 0.15) is 11.9 Å². The second-order valence-electron chi connectivity index (χ2n) is 8.93. The number of nitrogens with zero attached hydrogens (tertiary/aromatic N) is 8. The second kappa shape index (κ2) is 8.75. The third-order valence-corrected chi connectivity index (χ3v) is 6.85. The molecule has 0 radical (unpaired) electrons. The highest BCUT2D eigenvalue weighted by Crippen LogP contribution is 2.29. The van der Waals surface area contributed by atoms with Gasteiger partial charge in [-0.2, -0.15) is 5.26 Å². The SMILES string of the molecule is Cc1c(C#N)nnc(N2CCc3ncc(-c4ccc(N5CCN(C)CC5)nc4)cc3C2)c1C. The minimum Gasteiger partial charge on any atom is -0.354 e. The Kier molecular flexibility index (Phi) is 5.65. The fraction of sp³-hybridized carbons (Fsp3) is 0.400. The number of fused-ring (bicyclic) bond motifs is 1. The van der Waals surface area contributed by atoms with Gasteiger partial charge in [0.2, 0.25) is 0 Å². The van der Waals surface area contributed by atoms with Crippen molar-refractivity contribution >= 4 is 11.6 Å². The van der Waals surface area contributed by atoms with Crippen LogP contribution in [0.4, 0.5) is 11.6 Å². The van der Waals surface area contributed by atoms with Crippen molar-refractivity contribution in [1.82, 2.24) is 25.1 Å². The molecule has 0 atom stereocenters. The minimum atomic E-state index is 0.394. The molecule has 0 unspecified atom stereocenters. The monoisotopic (exact) mass is 440 g/mol. The standard InChI is InChI=1S/C25H28N8/c1-17-18(2)25(30-29-23(17)13-26)33-7-6-22-21(16-33)12-20(15-27-22)19-4-5-24(28-14-19)32-10-8-31(3)9-11-32/h4-5,12,14-15H,6-11,16H2,1-3H3. The lowest BCUT2D eigenvalue weighted by Gasteiger charge is -2.33. The molecule has 33 heavy (non-hydrogen) atoms. The Bertz CT molecular complexity index is 1210. The van der Waals surface area contributed by atoms with Crippen LogP contribution in [0.15, 0.2) is 30.6 Å². The zero-order valence-corrected chi connectivity index (χ0v) is 19.4. The van der Waals surface area contributed by atoms with Crippen LogP contribution >= 0.6 is 0 Å². The number of nitriles is 1. The molecule has 3 aromatic rings. The van der Waals surface area contributed by atoms with Crippen LogP contribution in [0.1, 0.15) is 28.1 Å². The summed E-state index contributed by atoms with van der Waals surface area (Å²) in [6.07, 6.45) is 4.77. The fourth-order valence-corrected chi connectivity index (χ4v) is 4.54. The predicted molar refractivity (Wildman–Crippen MR) is 128 cm³/mol. The van der Waals surface area contributed by atoms with Gasteiger partial charge in [0.05, 0.1) is 0 Å². The van der Waals surface area contributed by atoms with Gasteiger partial charge in [0, 0.05) is 74.9 Å². The quantitative estimate of drug-likeness (QED) is 0.615. The van der Waals surface area contributed by atoms with Crippen molar-refractivity contribution in [1.29, 1.82) is 5.26 Å². The minimum absolute atomic E-state index is 0.394. The van der Waals surface area contributed by atoms with E-state index in [1.54, 1.807) is 0 Å². The van der Waals surface area contributed by atoms with Crippen LogP contribution in [-0.4, -0.2) is 64.8 Å². The normalized spacial score (nSPS) is 16.4. The van der Waals surface area contributed by atoms with Crippen molar-refractivity contribution in [2.45, 2.75) is 26.8 Å². The molecular formula is C25H28N8. The Hall–Kier alpha value is -3.57. The van der Waals surface area contributed by atoms with Crippen molar-refractivity contribution in [3.8, 4) is 17.2 Å². The Balaban J connectivity index is 1.36. The van der Waals surface area contributed by atoms with Crippen LogP contribution in [0.3, 0.4) is 0 Å². The summed E-state index contributed by atoms with van der Waals surface area (Å²) in [6, 6.07) is 8.60. The Labute approximate surface area is 194 Å². The number of aromatic nitrogens is 4. The van der Waals surface area contributed by atoms with Gasteiger partial charge in [-0.3, -0.25) is 4.98 Å². The van der Waals surface area contributed by atoms with E-state index < -0.39 is 0 Å². The molecule has 0 saturated carbocycles. The van der Waals surface area contributed by atoms with Gasteiger partial charge in [-0.15, -0.1) is 10.2 Å². The summed E-state index contributed by atoms with van der Waals surface area (Å²) in [6.45, 7) is 9.66. The summed E-state index contributed by atoms with van der Waals surface area (Å²) in [5.41, 5.74) is 6.78. The van der Waals surface area contributed by atoms with Crippen LogP contribution < -0.4 is 9.80 Å². The summed E-state index contributed by atoms with van der Waals surface area (Å²) < 4.78 is 0. The molecule has 168 valence electrons. The van der Waals surface area contributed by atoms with Crippen LogP contribution in [0, 0.1) is 25.2 Å². The van der Waals surface area contributed by atoms with E-state index in [0.717, 1.165) is 85.3 Å². The number of anilines is 2. The highest BCUT2D eigenvalue weighted by atomic mass is 15.3. The molecule has 0 aromatic carbocycles. The van der Waals surface area contributed by atoms with Gasteiger partial charge in [-0.25, -0.2) is 4.98 Å². The maximum absolute atomic E-state index is 9.23. The number of piperazine rings is 1. The zero-order chi connectivity index (χ0) is 22.9. The van der Waals surface area contributed by atoms with Gasteiger partial charge in [0.15, 0.2) is 11.5 Å². The van der Waals surface area contributed by atoms with Gasteiger partial charge in [-0.05, 0) is 55.8 Å². The first-order valence-electron chi connectivity index (χ1n) is 11.4. The number of hydrogen-bond donors (Lipinski definition) is 0. The number of hydrogen-bond acceptors (Lipinski definition) is 8.